The first kappa shape index (κ1) is 22.5. The Balaban J connectivity index is 0.00000169. The molecular formula is C18H28Cl2N4O2. The molecule has 0 spiro atoms. The monoisotopic (exact) mass is 402 g/mol. The highest BCUT2D eigenvalue weighted by Gasteiger charge is 2.24. The van der Waals surface area contributed by atoms with Crippen molar-refractivity contribution in [1.29, 1.82) is 0 Å². The van der Waals surface area contributed by atoms with E-state index in [1.807, 2.05) is 18.2 Å². The van der Waals surface area contributed by atoms with Gasteiger partial charge in [-0.25, -0.2) is 0 Å². The topological polar surface area (TPSA) is 73.5 Å². The number of benzene rings is 1. The summed E-state index contributed by atoms with van der Waals surface area (Å²) in [5, 5.41) is 9.20. The van der Waals surface area contributed by atoms with Crippen molar-refractivity contribution in [3.63, 3.8) is 0 Å². The molecule has 1 saturated heterocycles. The molecule has 26 heavy (non-hydrogen) atoms. The third-order valence-electron chi connectivity index (χ3n) is 4.91. The maximum Gasteiger partial charge on any atom is 0.251 e. The predicted octanol–water partition coefficient (Wildman–Crippen LogP) is 1.83. The molecule has 8 heteroatoms. The van der Waals surface area contributed by atoms with E-state index >= 15 is 0 Å². The standard InChI is InChI=1S/C18H26N4O2.2ClH/c1-19-17(23)12-22-10-7-13(8-11-22)21-18(24)15-4-2-6-16-14(15)5-3-9-20-16;;/h2,4,6,13,20H,3,5,7-12H2,1H3,(H,19,23)(H,21,24);2*1H. The lowest BCUT2D eigenvalue weighted by atomic mass is 9.96. The molecule has 0 atom stereocenters. The van der Waals surface area contributed by atoms with Gasteiger partial charge in [-0.3, -0.25) is 14.5 Å². The second kappa shape index (κ2) is 10.6. The van der Waals surface area contributed by atoms with E-state index in [1.165, 1.54) is 0 Å². The number of fused-ring (bicyclic) bond motifs is 1. The van der Waals surface area contributed by atoms with Crippen LogP contribution in [0.25, 0.3) is 0 Å². The molecule has 2 aliphatic heterocycles. The number of carbonyl (C=O) groups excluding carboxylic acids is 2. The predicted molar refractivity (Wildman–Crippen MR) is 109 cm³/mol. The molecular weight excluding hydrogens is 375 g/mol. The molecule has 3 N–H and O–H groups in total. The van der Waals surface area contributed by atoms with Gasteiger partial charge in [0, 0.05) is 44.0 Å². The van der Waals surface area contributed by atoms with E-state index in [0.29, 0.717) is 6.54 Å². The molecule has 0 saturated carbocycles. The Morgan fingerprint density at radius 2 is 1.96 bits per heavy atom. The largest absolute Gasteiger partial charge is 0.385 e. The van der Waals surface area contributed by atoms with Gasteiger partial charge in [-0.2, -0.15) is 0 Å². The van der Waals surface area contributed by atoms with Crippen molar-refractivity contribution in [2.24, 2.45) is 0 Å². The molecule has 1 fully saturated rings. The lowest BCUT2D eigenvalue weighted by molar-refractivity contribution is -0.122. The summed E-state index contributed by atoms with van der Waals surface area (Å²) in [7, 11) is 1.66. The van der Waals surface area contributed by atoms with E-state index in [4.69, 9.17) is 0 Å². The summed E-state index contributed by atoms with van der Waals surface area (Å²) in [5.74, 6) is 0.0706. The molecule has 2 amide bonds. The highest BCUT2D eigenvalue weighted by Crippen LogP contribution is 2.25. The van der Waals surface area contributed by atoms with E-state index in [2.05, 4.69) is 20.9 Å². The number of hydrogen-bond donors (Lipinski definition) is 3. The summed E-state index contributed by atoms with van der Waals surface area (Å²) < 4.78 is 0. The fraction of sp³-hybridized carbons (Fsp3) is 0.556. The first-order valence-electron chi connectivity index (χ1n) is 8.77. The van der Waals surface area contributed by atoms with Crippen molar-refractivity contribution in [3.05, 3.63) is 29.3 Å². The summed E-state index contributed by atoms with van der Waals surface area (Å²) in [6.45, 7) is 3.09. The van der Waals surface area contributed by atoms with E-state index in [0.717, 1.165) is 62.1 Å². The van der Waals surface area contributed by atoms with Crippen molar-refractivity contribution in [3.8, 4) is 0 Å². The zero-order chi connectivity index (χ0) is 16.9. The van der Waals surface area contributed by atoms with E-state index < -0.39 is 0 Å². The van der Waals surface area contributed by atoms with Gasteiger partial charge in [-0.15, -0.1) is 24.8 Å². The third kappa shape index (κ3) is 5.50. The molecule has 1 aromatic carbocycles. The maximum absolute atomic E-state index is 12.7. The number of rotatable bonds is 4. The summed E-state index contributed by atoms with van der Waals surface area (Å²) in [6.07, 6.45) is 3.79. The molecule has 0 aliphatic carbocycles. The molecule has 6 nitrogen and oxygen atoms in total. The lowest BCUT2D eigenvalue weighted by Gasteiger charge is -2.32. The highest BCUT2D eigenvalue weighted by molar-refractivity contribution is 5.97. The molecule has 146 valence electrons. The minimum Gasteiger partial charge on any atom is -0.385 e. The van der Waals surface area contributed by atoms with Crippen LogP contribution in [-0.4, -0.2) is 56.0 Å². The molecule has 0 aromatic heterocycles. The van der Waals surface area contributed by atoms with Gasteiger partial charge in [-0.1, -0.05) is 6.07 Å². The highest BCUT2D eigenvalue weighted by atomic mass is 35.5. The number of halogens is 2. The maximum atomic E-state index is 12.7. The van der Waals surface area contributed by atoms with Crippen molar-refractivity contribution >= 4 is 42.3 Å². The van der Waals surface area contributed by atoms with Crippen LogP contribution >= 0.6 is 24.8 Å². The van der Waals surface area contributed by atoms with Crippen LogP contribution in [0.1, 0.15) is 35.2 Å². The second-order valence-electron chi connectivity index (χ2n) is 6.56. The first-order chi connectivity index (χ1) is 11.7. The summed E-state index contributed by atoms with van der Waals surface area (Å²) in [5.41, 5.74) is 3.03. The number of carbonyl (C=O) groups is 2. The summed E-state index contributed by atoms with van der Waals surface area (Å²) >= 11 is 0. The normalized spacial score (nSPS) is 17.0. The smallest absolute Gasteiger partial charge is 0.251 e. The zero-order valence-electron chi connectivity index (χ0n) is 15.0. The van der Waals surface area contributed by atoms with Gasteiger partial charge in [0.1, 0.15) is 0 Å². The van der Waals surface area contributed by atoms with Gasteiger partial charge in [0.2, 0.25) is 5.91 Å². The fourth-order valence-corrected chi connectivity index (χ4v) is 3.50. The summed E-state index contributed by atoms with van der Waals surface area (Å²) in [4.78, 5) is 26.2. The SMILES string of the molecule is CNC(=O)CN1CCC(NC(=O)c2cccc3c2CCCN3)CC1.Cl.Cl. The van der Waals surface area contributed by atoms with Gasteiger partial charge in [0.15, 0.2) is 0 Å². The Bertz CT molecular complexity index is 619. The number of piperidine rings is 1. The van der Waals surface area contributed by atoms with Crippen molar-refractivity contribution < 1.29 is 9.59 Å². The number of amides is 2. The lowest BCUT2D eigenvalue weighted by Crippen LogP contribution is -2.47. The number of hydrogen-bond acceptors (Lipinski definition) is 4. The Hall–Kier alpha value is -1.50. The number of nitrogens with one attached hydrogen (secondary N) is 3. The van der Waals surface area contributed by atoms with E-state index in [1.54, 1.807) is 7.05 Å². The van der Waals surface area contributed by atoms with Crippen molar-refractivity contribution in [1.82, 2.24) is 15.5 Å². The average molecular weight is 403 g/mol. The van der Waals surface area contributed by atoms with Crippen LogP contribution in [0.2, 0.25) is 0 Å². The fourth-order valence-electron chi connectivity index (χ4n) is 3.50. The van der Waals surface area contributed by atoms with Crippen LogP contribution in [0.15, 0.2) is 18.2 Å². The first-order valence-corrected chi connectivity index (χ1v) is 8.77. The van der Waals surface area contributed by atoms with Crippen LogP contribution in [0.5, 0.6) is 0 Å². The Morgan fingerprint density at radius 3 is 2.65 bits per heavy atom. The number of likely N-dealkylation sites (N-methyl/N-ethyl adjacent to an activating group) is 1. The van der Waals surface area contributed by atoms with Crippen molar-refractivity contribution in [2.45, 2.75) is 31.7 Å². The molecule has 0 radical (unpaired) electrons. The summed E-state index contributed by atoms with van der Waals surface area (Å²) in [6, 6.07) is 6.09. The zero-order valence-corrected chi connectivity index (χ0v) is 16.7. The van der Waals surface area contributed by atoms with Gasteiger partial charge in [-0.05, 0) is 43.4 Å². The minimum atomic E-state index is 0. The average Bonchev–Trinajstić information content (AvgIpc) is 2.62. The Kier molecular flexibility index (Phi) is 9.19. The molecule has 0 bridgehead atoms. The Labute approximate surface area is 167 Å². The van der Waals surface area contributed by atoms with Gasteiger partial charge >= 0.3 is 0 Å². The van der Waals surface area contributed by atoms with Crippen LogP contribution in [0.4, 0.5) is 5.69 Å². The van der Waals surface area contributed by atoms with Gasteiger partial charge in [0.25, 0.3) is 5.91 Å². The van der Waals surface area contributed by atoms with E-state index in [9.17, 15) is 9.59 Å². The Morgan fingerprint density at radius 1 is 1.23 bits per heavy atom. The van der Waals surface area contributed by atoms with E-state index in [-0.39, 0.29) is 42.7 Å². The molecule has 2 heterocycles. The molecule has 0 unspecified atom stereocenters. The van der Waals surface area contributed by atoms with Gasteiger partial charge < -0.3 is 16.0 Å². The van der Waals surface area contributed by atoms with Crippen LogP contribution in [0, 0.1) is 0 Å². The molecule has 3 rings (SSSR count). The second-order valence-corrected chi connectivity index (χ2v) is 6.56. The van der Waals surface area contributed by atoms with Crippen LogP contribution in [0.3, 0.4) is 0 Å². The quantitative estimate of drug-likeness (QED) is 0.717. The van der Waals surface area contributed by atoms with Crippen LogP contribution < -0.4 is 16.0 Å². The third-order valence-corrected chi connectivity index (χ3v) is 4.91. The number of anilines is 1. The minimum absolute atomic E-state index is 0. The van der Waals surface area contributed by atoms with Gasteiger partial charge in [0.05, 0.1) is 6.54 Å². The molecule has 2 aliphatic rings. The number of nitrogens with zero attached hydrogens (tertiary/aromatic N) is 1. The van der Waals surface area contributed by atoms with Crippen LogP contribution in [-0.2, 0) is 11.2 Å². The molecule has 1 aromatic rings. The van der Waals surface area contributed by atoms with Crippen molar-refractivity contribution in [2.75, 3.05) is 38.5 Å². The number of likely N-dealkylation sites (tertiary alicyclic amines) is 1.